The lowest BCUT2D eigenvalue weighted by atomic mass is 10.1. The van der Waals surface area contributed by atoms with E-state index >= 15 is 0 Å². The Balaban J connectivity index is 2.24. The highest BCUT2D eigenvalue weighted by Crippen LogP contribution is 2.16. The second-order valence-electron chi connectivity index (χ2n) is 4.44. The quantitative estimate of drug-likeness (QED) is 0.795. The SMILES string of the molecule is C=Cc1ccccc1C(=O)N(C)OS(=O)(=O)c1ccccc1. The number of amides is 1. The van der Waals surface area contributed by atoms with E-state index in [-0.39, 0.29) is 4.90 Å². The minimum Gasteiger partial charge on any atom is -0.267 e. The number of hydroxylamine groups is 2. The molecule has 2 aromatic rings. The molecule has 0 N–H and O–H groups in total. The van der Waals surface area contributed by atoms with E-state index in [0.717, 1.165) is 0 Å². The third-order valence-corrected chi connectivity index (χ3v) is 4.21. The Morgan fingerprint density at radius 3 is 2.32 bits per heavy atom. The van der Waals surface area contributed by atoms with Gasteiger partial charge in [-0.3, -0.25) is 4.79 Å². The molecule has 0 fully saturated rings. The number of carbonyl (C=O) groups is 1. The Morgan fingerprint density at radius 2 is 1.68 bits per heavy atom. The molecule has 0 spiro atoms. The van der Waals surface area contributed by atoms with Gasteiger partial charge in [-0.1, -0.05) is 49.1 Å². The molecular formula is C16H15NO4S. The van der Waals surface area contributed by atoms with Crippen molar-refractivity contribution in [2.75, 3.05) is 7.05 Å². The maximum Gasteiger partial charge on any atom is 0.317 e. The van der Waals surface area contributed by atoms with E-state index in [4.69, 9.17) is 4.28 Å². The van der Waals surface area contributed by atoms with E-state index in [1.807, 2.05) is 0 Å². The Kier molecular flexibility index (Phi) is 4.75. The second-order valence-corrected chi connectivity index (χ2v) is 5.96. The molecule has 2 aromatic carbocycles. The second kappa shape index (κ2) is 6.55. The highest BCUT2D eigenvalue weighted by Gasteiger charge is 2.23. The molecule has 0 bridgehead atoms. The molecule has 0 saturated carbocycles. The van der Waals surface area contributed by atoms with Gasteiger partial charge in [0.1, 0.15) is 0 Å². The van der Waals surface area contributed by atoms with E-state index in [2.05, 4.69) is 6.58 Å². The summed E-state index contributed by atoms with van der Waals surface area (Å²) in [4.78, 5) is 12.3. The van der Waals surface area contributed by atoms with Crippen molar-refractivity contribution in [3.63, 3.8) is 0 Å². The van der Waals surface area contributed by atoms with E-state index in [0.29, 0.717) is 16.2 Å². The summed E-state index contributed by atoms with van der Waals surface area (Å²) < 4.78 is 29.1. The van der Waals surface area contributed by atoms with Gasteiger partial charge in [0, 0.05) is 12.6 Å². The molecule has 0 aliphatic carbocycles. The Morgan fingerprint density at radius 1 is 1.09 bits per heavy atom. The van der Waals surface area contributed by atoms with Gasteiger partial charge >= 0.3 is 10.1 Å². The molecule has 0 atom stereocenters. The Hall–Kier alpha value is -2.44. The summed E-state index contributed by atoms with van der Waals surface area (Å²) in [6.07, 6.45) is 1.52. The number of hydrogen-bond acceptors (Lipinski definition) is 4. The van der Waals surface area contributed by atoms with E-state index < -0.39 is 16.0 Å². The van der Waals surface area contributed by atoms with Gasteiger partial charge in [-0.05, 0) is 23.8 Å². The van der Waals surface area contributed by atoms with Gasteiger partial charge in [0.05, 0.1) is 4.90 Å². The zero-order chi connectivity index (χ0) is 16.2. The minimum atomic E-state index is -4.05. The summed E-state index contributed by atoms with van der Waals surface area (Å²) >= 11 is 0. The van der Waals surface area contributed by atoms with Crippen molar-refractivity contribution in [1.82, 2.24) is 5.06 Å². The maximum atomic E-state index is 12.3. The molecule has 0 saturated heterocycles. The van der Waals surface area contributed by atoms with Gasteiger partial charge in [0.25, 0.3) is 5.91 Å². The molecule has 114 valence electrons. The summed E-state index contributed by atoms with van der Waals surface area (Å²) in [5, 5.41) is 0.699. The molecule has 0 aliphatic heterocycles. The fourth-order valence-corrected chi connectivity index (χ4v) is 2.79. The lowest BCUT2D eigenvalue weighted by Gasteiger charge is -2.17. The van der Waals surface area contributed by atoms with Crippen molar-refractivity contribution in [2.24, 2.45) is 0 Å². The van der Waals surface area contributed by atoms with E-state index in [9.17, 15) is 13.2 Å². The minimum absolute atomic E-state index is 0.0216. The lowest BCUT2D eigenvalue weighted by molar-refractivity contribution is -0.00881. The number of carbonyl (C=O) groups excluding carboxylic acids is 1. The summed E-state index contributed by atoms with van der Waals surface area (Å²) in [6, 6.07) is 14.4. The first-order valence-electron chi connectivity index (χ1n) is 6.45. The molecule has 1 amide bonds. The number of hydrogen-bond donors (Lipinski definition) is 0. The third kappa shape index (κ3) is 3.41. The van der Waals surface area contributed by atoms with Gasteiger partial charge in [-0.25, -0.2) is 5.06 Å². The van der Waals surface area contributed by atoms with Gasteiger partial charge in [-0.2, -0.15) is 8.42 Å². The van der Waals surface area contributed by atoms with Crippen LogP contribution in [0.1, 0.15) is 15.9 Å². The third-order valence-electron chi connectivity index (χ3n) is 2.94. The Bertz CT molecular complexity index is 785. The normalized spacial score (nSPS) is 11.0. The maximum absolute atomic E-state index is 12.3. The highest BCUT2D eigenvalue weighted by atomic mass is 32.2. The number of nitrogens with zero attached hydrogens (tertiary/aromatic N) is 1. The molecule has 0 radical (unpaired) electrons. The van der Waals surface area contributed by atoms with Crippen LogP contribution in [-0.2, 0) is 14.4 Å². The largest absolute Gasteiger partial charge is 0.317 e. The lowest BCUT2D eigenvalue weighted by Crippen LogP contribution is -2.30. The smallest absolute Gasteiger partial charge is 0.267 e. The molecule has 0 aromatic heterocycles. The monoisotopic (exact) mass is 317 g/mol. The van der Waals surface area contributed by atoms with Crippen LogP contribution in [0.5, 0.6) is 0 Å². The van der Waals surface area contributed by atoms with Crippen molar-refractivity contribution >= 4 is 22.1 Å². The fourth-order valence-electron chi connectivity index (χ4n) is 1.85. The molecule has 22 heavy (non-hydrogen) atoms. The van der Waals surface area contributed by atoms with Crippen LogP contribution in [0.2, 0.25) is 0 Å². The molecule has 5 nitrogen and oxygen atoms in total. The van der Waals surface area contributed by atoms with Gasteiger partial charge in [0.2, 0.25) is 0 Å². The number of rotatable bonds is 5. The molecule has 6 heteroatoms. The van der Waals surface area contributed by atoms with Crippen LogP contribution in [0, 0.1) is 0 Å². The van der Waals surface area contributed by atoms with E-state index in [1.54, 1.807) is 42.5 Å². The van der Waals surface area contributed by atoms with Gasteiger partial charge < -0.3 is 0 Å². The molecule has 0 unspecified atom stereocenters. The first kappa shape index (κ1) is 15.9. The average Bonchev–Trinajstić information content (AvgIpc) is 2.54. The predicted octanol–water partition coefficient (Wildman–Crippen LogP) is 2.72. The average molecular weight is 317 g/mol. The predicted molar refractivity (Wildman–Crippen MR) is 83.3 cm³/mol. The van der Waals surface area contributed by atoms with Crippen molar-refractivity contribution < 1.29 is 17.5 Å². The first-order valence-corrected chi connectivity index (χ1v) is 7.85. The molecule has 2 rings (SSSR count). The zero-order valence-electron chi connectivity index (χ0n) is 12.0. The zero-order valence-corrected chi connectivity index (χ0v) is 12.8. The highest BCUT2D eigenvalue weighted by molar-refractivity contribution is 7.86. The molecule has 0 aliphatic rings. The fraction of sp³-hybridized carbons (Fsp3) is 0.0625. The number of benzene rings is 2. The van der Waals surface area contributed by atoms with Crippen LogP contribution in [0.3, 0.4) is 0 Å². The van der Waals surface area contributed by atoms with Crippen molar-refractivity contribution in [1.29, 1.82) is 0 Å². The summed E-state index contributed by atoms with van der Waals surface area (Å²) in [6.45, 7) is 3.63. The molecular weight excluding hydrogens is 302 g/mol. The van der Waals surface area contributed by atoms with Crippen LogP contribution < -0.4 is 0 Å². The van der Waals surface area contributed by atoms with E-state index in [1.165, 1.54) is 25.3 Å². The van der Waals surface area contributed by atoms with Crippen molar-refractivity contribution in [3.8, 4) is 0 Å². The topological polar surface area (TPSA) is 63.7 Å². The first-order chi connectivity index (χ1) is 10.5. The Labute approximate surface area is 129 Å². The van der Waals surface area contributed by atoms with Crippen molar-refractivity contribution in [3.05, 3.63) is 72.3 Å². The van der Waals surface area contributed by atoms with Crippen LogP contribution in [-0.4, -0.2) is 26.4 Å². The van der Waals surface area contributed by atoms with Gasteiger partial charge in [-0.15, -0.1) is 4.28 Å². The summed E-state index contributed by atoms with van der Waals surface area (Å²) in [5.74, 6) is -0.574. The van der Waals surface area contributed by atoms with Gasteiger partial charge in [0.15, 0.2) is 0 Å². The van der Waals surface area contributed by atoms with Crippen LogP contribution >= 0.6 is 0 Å². The van der Waals surface area contributed by atoms with Crippen LogP contribution in [0.4, 0.5) is 0 Å². The van der Waals surface area contributed by atoms with Crippen LogP contribution in [0.15, 0.2) is 66.1 Å². The standard InChI is InChI=1S/C16H15NO4S/c1-3-13-9-7-8-12-15(13)16(18)17(2)21-22(19,20)14-10-5-4-6-11-14/h3-12H,1H2,2H3. The summed E-state index contributed by atoms with van der Waals surface area (Å²) in [5.41, 5.74) is 0.906. The molecule has 0 heterocycles. The van der Waals surface area contributed by atoms with Crippen molar-refractivity contribution in [2.45, 2.75) is 4.90 Å². The van der Waals surface area contributed by atoms with Crippen LogP contribution in [0.25, 0.3) is 6.08 Å². The summed E-state index contributed by atoms with van der Waals surface area (Å²) in [7, 11) is -2.80.